The summed E-state index contributed by atoms with van der Waals surface area (Å²) in [6.45, 7) is 10.4. The van der Waals surface area contributed by atoms with Crippen molar-refractivity contribution in [3.63, 3.8) is 0 Å². The van der Waals surface area contributed by atoms with Gasteiger partial charge in [-0.2, -0.15) is 0 Å². The number of nitrogens with zero attached hydrogens (tertiary/aromatic N) is 2. The molecule has 1 heterocycles. The molecule has 8 nitrogen and oxygen atoms in total. The molecule has 0 saturated carbocycles. The molecule has 1 aliphatic rings. The van der Waals surface area contributed by atoms with Crippen molar-refractivity contribution in [2.24, 2.45) is 0 Å². The SMILES string of the molecule is C#CCN(C(=O)OC(C)(C)C)c1cc2c(cc1OC)C(=O)N(C(=O)OC(C)(C)C)C2. The van der Waals surface area contributed by atoms with Crippen molar-refractivity contribution in [2.75, 3.05) is 18.6 Å². The lowest BCUT2D eigenvalue weighted by Gasteiger charge is -2.27. The second-order valence-corrected chi connectivity index (χ2v) is 8.82. The Morgan fingerprint density at radius 3 is 2.23 bits per heavy atom. The van der Waals surface area contributed by atoms with Gasteiger partial charge in [-0.05, 0) is 59.2 Å². The summed E-state index contributed by atoms with van der Waals surface area (Å²) in [5.41, 5.74) is -0.270. The average molecular weight is 416 g/mol. The van der Waals surface area contributed by atoms with E-state index in [1.807, 2.05) is 0 Å². The van der Waals surface area contributed by atoms with E-state index in [4.69, 9.17) is 20.6 Å². The Labute approximate surface area is 177 Å². The summed E-state index contributed by atoms with van der Waals surface area (Å²) in [5, 5.41) is 0. The first-order valence-electron chi connectivity index (χ1n) is 9.47. The fourth-order valence-corrected chi connectivity index (χ4v) is 2.82. The number of imide groups is 1. The van der Waals surface area contributed by atoms with Crippen molar-refractivity contribution in [1.82, 2.24) is 4.90 Å². The molecule has 0 fully saturated rings. The third-order valence-corrected chi connectivity index (χ3v) is 3.98. The minimum atomic E-state index is -0.741. The second-order valence-electron chi connectivity index (χ2n) is 8.82. The Kier molecular flexibility index (Phi) is 6.36. The van der Waals surface area contributed by atoms with Gasteiger partial charge >= 0.3 is 12.2 Å². The molecule has 30 heavy (non-hydrogen) atoms. The molecular formula is C22H28N2O6. The summed E-state index contributed by atoms with van der Waals surface area (Å²) in [7, 11) is 1.42. The third kappa shape index (κ3) is 5.23. The highest BCUT2D eigenvalue weighted by Crippen LogP contribution is 2.37. The minimum Gasteiger partial charge on any atom is -0.495 e. The quantitative estimate of drug-likeness (QED) is 0.694. The number of carbonyl (C=O) groups is 3. The number of amides is 3. The highest BCUT2D eigenvalue weighted by Gasteiger charge is 2.37. The molecule has 1 aromatic carbocycles. The smallest absolute Gasteiger partial charge is 0.417 e. The van der Waals surface area contributed by atoms with Crippen molar-refractivity contribution >= 4 is 23.8 Å². The van der Waals surface area contributed by atoms with Crippen molar-refractivity contribution in [3.05, 3.63) is 23.3 Å². The number of ether oxygens (including phenoxy) is 3. The van der Waals surface area contributed by atoms with Crippen LogP contribution in [0.4, 0.5) is 15.3 Å². The van der Waals surface area contributed by atoms with Crippen LogP contribution in [0.3, 0.4) is 0 Å². The van der Waals surface area contributed by atoms with Gasteiger partial charge in [0.15, 0.2) is 0 Å². The summed E-state index contributed by atoms with van der Waals surface area (Å²) in [6.07, 6.45) is 4.07. The maximum absolute atomic E-state index is 12.8. The van der Waals surface area contributed by atoms with Crippen LogP contribution in [0.5, 0.6) is 5.75 Å². The molecule has 0 radical (unpaired) electrons. The van der Waals surface area contributed by atoms with Gasteiger partial charge < -0.3 is 14.2 Å². The van der Waals surface area contributed by atoms with Crippen LogP contribution in [0.2, 0.25) is 0 Å². The summed E-state index contributed by atoms with van der Waals surface area (Å²) >= 11 is 0. The first-order valence-corrected chi connectivity index (χ1v) is 9.47. The summed E-state index contributed by atoms with van der Waals surface area (Å²) in [6, 6.07) is 3.10. The Morgan fingerprint density at radius 1 is 1.13 bits per heavy atom. The number of hydrogen-bond donors (Lipinski definition) is 0. The number of carbonyl (C=O) groups excluding carboxylic acids is 3. The summed E-state index contributed by atoms with van der Waals surface area (Å²) in [5.74, 6) is 2.19. The maximum atomic E-state index is 12.8. The zero-order valence-electron chi connectivity index (χ0n) is 18.5. The predicted octanol–water partition coefficient (Wildman–Crippen LogP) is 3.96. The Bertz CT molecular complexity index is 902. The number of benzene rings is 1. The van der Waals surface area contributed by atoms with Gasteiger partial charge in [0, 0.05) is 5.56 Å². The zero-order valence-corrected chi connectivity index (χ0v) is 18.5. The number of fused-ring (bicyclic) bond motifs is 1. The fraction of sp³-hybridized carbons (Fsp3) is 0.500. The normalized spacial score (nSPS) is 13.4. The largest absolute Gasteiger partial charge is 0.495 e. The van der Waals surface area contributed by atoms with Crippen LogP contribution in [0, 0.1) is 12.3 Å². The molecule has 0 atom stereocenters. The molecule has 0 saturated heterocycles. The number of terminal acetylenes is 1. The molecule has 0 unspecified atom stereocenters. The average Bonchev–Trinajstić information content (AvgIpc) is 2.91. The Morgan fingerprint density at radius 2 is 1.73 bits per heavy atom. The lowest BCUT2D eigenvalue weighted by molar-refractivity contribution is 0.0247. The Hall–Kier alpha value is -3.21. The first kappa shape index (κ1) is 23.1. The number of hydrogen-bond acceptors (Lipinski definition) is 6. The summed E-state index contributed by atoms with van der Waals surface area (Å²) < 4.78 is 16.2. The lowest BCUT2D eigenvalue weighted by atomic mass is 10.1. The van der Waals surface area contributed by atoms with Gasteiger partial charge in [-0.25, -0.2) is 14.5 Å². The van der Waals surface area contributed by atoms with Crippen LogP contribution in [-0.4, -0.2) is 47.9 Å². The van der Waals surface area contributed by atoms with Gasteiger partial charge in [0.25, 0.3) is 5.91 Å². The zero-order chi connectivity index (χ0) is 22.9. The van der Waals surface area contributed by atoms with Gasteiger partial charge in [0.05, 0.1) is 25.9 Å². The first-order chi connectivity index (χ1) is 13.8. The van der Waals surface area contributed by atoms with Crippen LogP contribution in [0.15, 0.2) is 12.1 Å². The predicted molar refractivity (Wildman–Crippen MR) is 112 cm³/mol. The van der Waals surface area contributed by atoms with Crippen molar-refractivity contribution in [3.8, 4) is 18.1 Å². The number of anilines is 1. The van der Waals surface area contributed by atoms with Crippen LogP contribution < -0.4 is 9.64 Å². The molecule has 0 aromatic heterocycles. The highest BCUT2D eigenvalue weighted by atomic mass is 16.6. The van der Waals surface area contributed by atoms with E-state index < -0.39 is 29.3 Å². The van der Waals surface area contributed by atoms with E-state index in [1.54, 1.807) is 47.6 Å². The van der Waals surface area contributed by atoms with Gasteiger partial charge in [0.1, 0.15) is 17.0 Å². The number of rotatable bonds is 3. The van der Waals surface area contributed by atoms with E-state index in [1.165, 1.54) is 18.1 Å². The van der Waals surface area contributed by atoms with E-state index in [-0.39, 0.29) is 18.8 Å². The van der Waals surface area contributed by atoms with Gasteiger partial charge in [-0.3, -0.25) is 9.69 Å². The second kappa shape index (κ2) is 8.27. The molecule has 1 aromatic rings. The topological polar surface area (TPSA) is 85.4 Å². The molecule has 0 N–H and O–H groups in total. The molecule has 0 bridgehead atoms. The van der Waals surface area contributed by atoms with Crippen LogP contribution in [0.25, 0.3) is 0 Å². The van der Waals surface area contributed by atoms with Crippen LogP contribution in [0.1, 0.15) is 57.5 Å². The van der Waals surface area contributed by atoms with Gasteiger partial charge in [-0.1, -0.05) is 5.92 Å². The van der Waals surface area contributed by atoms with E-state index in [2.05, 4.69) is 5.92 Å². The minimum absolute atomic E-state index is 0.0122. The molecular weight excluding hydrogens is 388 g/mol. The Balaban J connectivity index is 2.43. The lowest BCUT2D eigenvalue weighted by Crippen LogP contribution is -2.37. The van der Waals surface area contributed by atoms with E-state index in [9.17, 15) is 14.4 Å². The molecule has 8 heteroatoms. The summed E-state index contributed by atoms with van der Waals surface area (Å²) in [4.78, 5) is 40.2. The van der Waals surface area contributed by atoms with Crippen molar-refractivity contribution < 1.29 is 28.6 Å². The molecule has 1 aliphatic heterocycles. The monoisotopic (exact) mass is 416 g/mol. The third-order valence-electron chi connectivity index (χ3n) is 3.98. The number of methoxy groups -OCH3 is 1. The highest BCUT2D eigenvalue weighted by molar-refractivity contribution is 6.07. The van der Waals surface area contributed by atoms with E-state index in [0.29, 0.717) is 16.8 Å². The fourth-order valence-electron chi connectivity index (χ4n) is 2.82. The van der Waals surface area contributed by atoms with Gasteiger partial charge in [-0.15, -0.1) is 6.42 Å². The van der Waals surface area contributed by atoms with Gasteiger partial charge in [0.2, 0.25) is 0 Å². The standard InChI is InChI=1S/C22H28N2O6/c1-9-10-23(19(26)29-21(2,3)4)16-11-14-13-24(20(27)30-22(5,6)7)18(25)15(14)12-17(16)28-8/h1,11-12H,10,13H2,2-8H3. The molecule has 2 rings (SSSR count). The molecule has 0 spiro atoms. The van der Waals surface area contributed by atoms with Crippen molar-refractivity contribution in [1.29, 1.82) is 0 Å². The van der Waals surface area contributed by atoms with Crippen LogP contribution >= 0.6 is 0 Å². The molecule has 162 valence electrons. The van der Waals surface area contributed by atoms with Crippen LogP contribution in [-0.2, 0) is 16.0 Å². The van der Waals surface area contributed by atoms with E-state index >= 15 is 0 Å². The molecule has 0 aliphatic carbocycles. The molecule has 3 amide bonds. The van der Waals surface area contributed by atoms with Crippen molar-refractivity contribution in [2.45, 2.75) is 59.3 Å². The maximum Gasteiger partial charge on any atom is 0.417 e. The van der Waals surface area contributed by atoms with E-state index in [0.717, 1.165) is 4.90 Å².